The number of aliphatic hydroxyl groups excluding tert-OH is 1. The monoisotopic (exact) mass is 298 g/mol. The Bertz CT molecular complexity index is 467. The SMILES string of the molecule is CC(O)c1ccc([S@@](=O)CCC2COC(C)(C)O2)cc1. The van der Waals surface area contributed by atoms with Gasteiger partial charge < -0.3 is 14.6 Å². The molecule has 2 unspecified atom stereocenters. The van der Waals surface area contributed by atoms with Gasteiger partial charge in [0.05, 0.1) is 29.6 Å². The predicted molar refractivity (Wildman–Crippen MR) is 77.9 cm³/mol. The lowest BCUT2D eigenvalue weighted by atomic mass is 10.1. The van der Waals surface area contributed by atoms with Crippen LogP contribution in [-0.4, -0.2) is 33.6 Å². The molecular formula is C15H22O4S. The zero-order valence-corrected chi connectivity index (χ0v) is 13.0. The Morgan fingerprint density at radius 1 is 1.40 bits per heavy atom. The van der Waals surface area contributed by atoms with Crippen molar-refractivity contribution in [1.29, 1.82) is 0 Å². The van der Waals surface area contributed by atoms with Crippen molar-refractivity contribution in [3.63, 3.8) is 0 Å². The van der Waals surface area contributed by atoms with Crippen LogP contribution >= 0.6 is 0 Å². The summed E-state index contributed by atoms with van der Waals surface area (Å²) in [5, 5.41) is 9.44. The normalized spacial score (nSPS) is 24.5. The molecule has 1 aliphatic rings. The molecule has 0 bridgehead atoms. The summed E-state index contributed by atoms with van der Waals surface area (Å²) in [6.45, 7) is 6.05. The number of rotatable bonds is 5. The molecule has 0 saturated carbocycles. The summed E-state index contributed by atoms with van der Waals surface area (Å²) >= 11 is 0. The van der Waals surface area contributed by atoms with E-state index in [0.717, 1.165) is 10.5 Å². The molecule has 1 aromatic carbocycles. The van der Waals surface area contributed by atoms with Crippen LogP contribution in [0.25, 0.3) is 0 Å². The van der Waals surface area contributed by atoms with Crippen LogP contribution in [0.2, 0.25) is 0 Å². The summed E-state index contributed by atoms with van der Waals surface area (Å²) in [6, 6.07) is 7.26. The predicted octanol–water partition coefficient (Wildman–Crippen LogP) is 2.39. The summed E-state index contributed by atoms with van der Waals surface area (Å²) in [5.41, 5.74) is 0.833. The number of ether oxygens (including phenoxy) is 2. The van der Waals surface area contributed by atoms with Crippen molar-refractivity contribution in [1.82, 2.24) is 0 Å². The lowest BCUT2D eigenvalue weighted by molar-refractivity contribution is -0.138. The Hall–Kier alpha value is -0.750. The third-order valence-electron chi connectivity index (χ3n) is 3.32. The van der Waals surface area contributed by atoms with Crippen LogP contribution in [0.3, 0.4) is 0 Å². The van der Waals surface area contributed by atoms with Gasteiger partial charge in [-0.05, 0) is 44.9 Å². The van der Waals surface area contributed by atoms with Gasteiger partial charge in [-0.2, -0.15) is 0 Å². The lowest BCUT2D eigenvalue weighted by Crippen LogP contribution is -2.22. The maximum atomic E-state index is 12.2. The molecule has 20 heavy (non-hydrogen) atoms. The Kier molecular flexibility index (Phi) is 4.96. The van der Waals surface area contributed by atoms with Crippen molar-refractivity contribution in [3.05, 3.63) is 29.8 Å². The topological polar surface area (TPSA) is 55.8 Å². The number of hydrogen-bond donors (Lipinski definition) is 1. The van der Waals surface area contributed by atoms with E-state index in [0.29, 0.717) is 18.8 Å². The van der Waals surface area contributed by atoms with Gasteiger partial charge in [0, 0.05) is 10.6 Å². The van der Waals surface area contributed by atoms with E-state index < -0.39 is 22.7 Å². The van der Waals surface area contributed by atoms with Crippen LogP contribution < -0.4 is 0 Å². The van der Waals surface area contributed by atoms with Gasteiger partial charge in [-0.3, -0.25) is 4.21 Å². The highest BCUT2D eigenvalue weighted by molar-refractivity contribution is 7.85. The second-order valence-electron chi connectivity index (χ2n) is 5.53. The van der Waals surface area contributed by atoms with Crippen molar-refractivity contribution in [2.24, 2.45) is 0 Å². The fourth-order valence-corrected chi connectivity index (χ4v) is 3.31. The smallest absolute Gasteiger partial charge is 0.163 e. The molecule has 1 saturated heterocycles. The van der Waals surface area contributed by atoms with Crippen molar-refractivity contribution in [2.75, 3.05) is 12.4 Å². The Labute approximate surface area is 122 Å². The zero-order chi connectivity index (χ0) is 14.8. The Balaban J connectivity index is 1.86. The first-order valence-corrected chi connectivity index (χ1v) is 8.17. The first-order valence-electron chi connectivity index (χ1n) is 6.85. The molecule has 2 rings (SSSR count). The summed E-state index contributed by atoms with van der Waals surface area (Å²) in [6.07, 6.45) is 0.239. The third kappa shape index (κ3) is 4.12. The maximum absolute atomic E-state index is 12.2. The van der Waals surface area contributed by atoms with Crippen molar-refractivity contribution in [2.45, 2.75) is 50.1 Å². The van der Waals surface area contributed by atoms with Gasteiger partial charge in [-0.1, -0.05) is 12.1 Å². The van der Waals surface area contributed by atoms with Gasteiger partial charge in [0.1, 0.15) is 0 Å². The van der Waals surface area contributed by atoms with Gasteiger partial charge in [0.15, 0.2) is 5.79 Å². The van der Waals surface area contributed by atoms with E-state index in [-0.39, 0.29) is 6.10 Å². The van der Waals surface area contributed by atoms with E-state index in [9.17, 15) is 9.32 Å². The first-order chi connectivity index (χ1) is 9.37. The minimum Gasteiger partial charge on any atom is -0.389 e. The number of hydrogen-bond acceptors (Lipinski definition) is 4. The van der Waals surface area contributed by atoms with E-state index in [1.807, 2.05) is 38.1 Å². The number of aliphatic hydroxyl groups is 1. The van der Waals surface area contributed by atoms with Gasteiger partial charge in [-0.15, -0.1) is 0 Å². The summed E-state index contributed by atoms with van der Waals surface area (Å²) in [5.74, 6) is 0.0310. The highest BCUT2D eigenvalue weighted by Gasteiger charge is 2.32. The number of benzene rings is 1. The molecule has 1 aliphatic heterocycles. The zero-order valence-electron chi connectivity index (χ0n) is 12.2. The molecule has 0 amide bonds. The molecule has 0 spiro atoms. The molecule has 4 nitrogen and oxygen atoms in total. The Morgan fingerprint density at radius 2 is 2.05 bits per heavy atom. The molecule has 5 heteroatoms. The third-order valence-corrected chi connectivity index (χ3v) is 4.72. The van der Waals surface area contributed by atoms with E-state index in [1.165, 1.54) is 0 Å². The first kappa shape index (κ1) is 15.6. The van der Waals surface area contributed by atoms with E-state index in [2.05, 4.69) is 0 Å². The maximum Gasteiger partial charge on any atom is 0.163 e. The van der Waals surface area contributed by atoms with Gasteiger partial charge in [0.2, 0.25) is 0 Å². The van der Waals surface area contributed by atoms with Crippen LogP contribution in [0.5, 0.6) is 0 Å². The fraction of sp³-hybridized carbons (Fsp3) is 0.600. The van der Waals surface area contributed by atoms with E-state index in [4.69, 9.17) is 9.47 Å². The largest absolute Gasteiger partial charge is 0.389 e. The molecule has 1 fully saturated rings. The molecule has 3 atom stereocenters. The van der Waals surface area contributed by atoms with Crippen LogP contribution in [0.4, 0.5) is 0 Å². The molecule has 0 aromatic heterocycles. The molecule has 0 aliphatic carbocycles. The molecule has 1 aromatic rings. The molecule has 1 heterocycles. The minimum absolute atomic E-state index is 0.0192. The Morgan fingerprint density at radius 3 is 2.55 bits per heavy atom. The highest BCUT2D eigenvalue weighted by Crippen LogP contribution is 2.24. The quantitative estimate of drug-likeness (QED) is 0.907. The van der Waals surface area contributed by atoms with Crippen molar-refractivity contribution < 1.29 is 18.8 Å². The van der Waals surface area contributed by atoms with Gasteiger partial charge in [-0.25, -0.2) is 0 Å². The summed E-state index contributed by atoms with van der Waals surface area (Å²) in [7, 11) is -1.04. The average Bonchev–Trinajstić information content (AvgIpc) is 2.75. The van der Waals surface area contributed by atoms with Crippen LogP contribution in [0.1, 0.15) is 38.9 Å². The van der Waals surface area contributed by atoms with E-state index in [1.54, 1.807) is 6.92 Å². The lowest BCUT2D eigenvalue weighted by Gasteiger charge is -2.16. The highest BCUT2D eigenvalue weighted by atomic mass is 32.2. The van der Waals surface area contributed by atoms with Gasteiger partial charge >= 0.3 is 0 Å². The minimum atomic E-state index is -1.04. The summed E-state index contributed by atoms with van der Waals surface area (Å²) in [4.78, 5) is 0.785. The molecule has 0 radical (unpaired) electrons. The van der Waals surface area contributed by atoms with Gasteiger partial charge in [0.25, 0.3) is 0 Å². The second-order valence-corrected chi connectivity index (χ2v) is 7.10. The fourth-order valence-electron chi connectivity index (χ4n) is 2.16. The van der Waals surface area contributed by atoms with Crippen molar-refractivity contribution >= 4 is 10.8 Å². The van der Waals surface area contributed by atoms with Crippen molar-refractivity contribution in [3.8, 4) is 0 Å². The average molecular weight is 298 g/mol. The van der Waals surface area contributed by atoms with Crippen LogP contribution in [-0.2, 0) is 20.3 Å². The molecule has 112 valence electrons. The van der Waals surface area contributed by atoms with Crippen LogP contribution in [0, 0.1) is 0 Å². The summed E-state index contributed by atoms with van der Waals surface area (Å²) < 4.78 is 23.4. The standard InChI is InChI=1S/C15H22O4S/c1-11(16)12-4-6-14(7-5-12)20(17)9-8-13-10-18-15(2,3)19-13/h4-7,11,13,16H,8-10H2,1-3H3/t11?,13?,20-/m0/s1. The van der Waals surface area contributed by atoms with E-state index >= 15 is 0 Å². The molecular weight excluding hydrogens is 276 g/mol. The van der Waals surface area contributed by atoms with Crippen LogP contribution in [0.15, 0.2) is 29.2 Å². The second kappa shape index (κ2) is 6.35. The molecule has 1 N–H and O–H groups in total.